The van der Waals surface area contributed by atoms with Gasteiger partial charge in [-0.2, -0.15) is 0 Å². The molecular formula is C13H24N2O4. The van der Waals surface area contributed by atoms with Crippen LogP contribution in [0.25, 0.3) is 0 Å². The number of carbonyl (C=O) groups excluding carboxylic acids is 1. The van der Waals surface area contributed by atoms with Crippen LogP contribution in [0.1, 0.15) is 39.5 Å². The van der Waals surface area contributed by atoms with Crippen LogP contribution in [0.3, 0.4) is 0 Å². The average Bonchev–Trinajstić information content (AvgIpc) is 2.38. The molecule has 3 N–H and O–H groups in total. The van der Waals surface area contributed by atoms with Gasteiger partial charge in [-0.1, -0.05) is 0 Å². The van der Waals surface area contributed by atoms with Crippen LogP contribution in [0, 0.1) is 5.92 Å². The van der Waals surface area contributed by atoms with Gasteiger partial charge in [0.2, 0.25) is 0 Å². The Hall–Kier alpha value is -1.30. The Morgan fingerprint density at radius 3 is 2.68 bits per heavy atom. The lowest BCUT2D eigenvalue weighted by Gasteiger charge is -2.23. The molecule has 1 aliphatic rings. The van der Waals surface area contributed by atoms with Gasteiger partial charge in [0, 0.05) is 19.2 Å². The Morgan fingerprint density at radius 1 is 1.37 bits per heavy atom. The molecule has 1 fully saturated rings. The summed E-state index contributed by atoms with van der Waals surface area (Å²) < 4.78 is 5.56. The Bertz CT molecular complexity index is 303. The number of carboxylic acid groups (broad SMARTS) is 1. The summed E-state index contributed by atoms with van der Waals surface area (Å²) in [6.45, 7) is 4.61. The number of ether oxygens (including phenoxy) is 1. The van der Waals surface area contributed by atoms with E-state index in [1.807, 2.05) is 0 Å². The second-order valence-corrected chi connectivity index (χ2v) is 5.09. The van der Waals surface area contributed by atoms with Gasteiger partial charge in [0.05, 0.1) is 12.0 Å². The monoisotopic (exact) mass is 272 g/mol. The summed E-state index contributed by atoms with van der Waals surface area (Å²) in [5, 5.41) is 14.2. The number of hydrogen-bond donors (Lipinski definition) is 3. The summed E-state index contributed by atoms with van der Waals surface area (Å²) in [4.78, 5) is 22.3. The fourth-order valence-electron chi connectivity index (χ4n) is 1.98. The van der Waals surface area contributed by atoms with Gasteiger partial charge >= 0.3 is 12.0 Å². The number of carbonyl (C=O) groups is 2. The topological polar surface area (TPSA) is 87.7 Å². The predicted octanol–water partition coefficient (Wildman–Crippen LogP) is 1.35. The highest BCUT2D eigenvalue weighted by atomic mass is 16.5. The molecule has 6 heteroatoms. The summed E-state index contributed by atoms with van der Waals surface area (Å²) in [6.07, 6.45) is 4.40. The number of rotatable bonds is 6. The molecule has 0 aliphatic carbocycles. The zero-order chi connectivity index (χ0) is 14.3. The first-order valence-corrected chi connectivity index (χ1v) is 6.89. The third kappa shape index (κ3) is 5.92. The fourth-order valence-corrected chi connectivity index (χ4v) is 1.98. The van der Waals surface area contributed by atoms with E-state index in [4.69, 9.17) is 9.84 Å². The Labute approximate surface area is 113 Å². The largest absolute Gasteiger partial charge is 0.481 e. The standard InChI is InChI=1S/C13H24N2O4/c1-9(12(16)17)10(2)15-13(18)14-7-6-11-5-3-4-8-19-11/h9-11H,3-8H2,1-2H3,(H,16,17)(H2,14,15,18). The van der Waals surface area contributed by atoms with E-state index < -0.39 is 17.9 Å². The summed E-state index contributed by atoms with van der Waals surface area (Å²) >= 11 is 0. The molecule has 0 aromatic rings. The van der Waals surface area contributed by atoms with Crippen molar-refractivity contribution < 1.29 is 19.4 Å². The minimum atomic E-state index is -0.914. The quantitative estimate of drug-likeness (QED) is 0.681. The molecule has 2 amide bonds. The van der Waals surface area contributed by atoms with Crippen molar-refractivity contribution in [2.75, 3.05) is 13.2 Å². The molecule has 6 nitrogen and oxygen atoms in total. The molecule has 0 aromatic heterocycles. The first-order valence-electron chi connectivity index (χ1n) is 6.89. The van der Waals surface area contributed by atoms with Crippen molar-refractivity contribution in [3.63, 3.8) is 0 Å². The molecule has 19 heavy (non-hydrogen) atoms. The molecule has 0 saturated carbocycles. The molecule has 3 atom stereocenters. The van der Waals surface area contributed by atoms with Crippen molar-refractivity contribution in [1.82, 2.24) is 10.6 Å². The van der Waals surface area contributed by atoms with Crippen LogP contribution in [0.2, 0.25) is 0 Å². The maximum Gasteiger partial charge on any atom is 0.315 e. The van der Waals surface area contributed by atoms with E-state index >= 15 is 0 Å². The second-order valence-electron chi connectivity index (χ2n) is 5.09. The second kappa shape index (κ2) is 7.99. The van der Waals surface area contributed by atoms with E-state index in [2.05, 4.69) is 10.6 Å². The smallest absolute Gasteiger partial charge is 0.315 e. The SMILES string of the molecule is CC(NC(=O)NCCC1CCCCO1)C(C)C(=O)O. The third-order valence-corrected chi connectivity index (χ3v) is 3.52. The van der Waals surface area contributed by atoms with Crippen molar-refractivity contribution in [2.24, 2.45) is 5.92 Å². The first-order chi connectivity index (χ1) is 9.00. The van der Waals surface area contributed by atoms with Crippen LogP contribution in [-0.4, -0.2) is 42.4 Å². The van der Waals surface area contributed by atoms with Gasteiger partial charge in [-0.25, -0.2) is 4.79 Å². The summed E-state index contributed by atoms with van der Waals surface area (Å²) in [5.74, 6) is -1.52. The molecule has 1 rings (SSSR count). The highest BCUT2D eigenvalue weighted by molar-refractivity contribution is 5.76. The first kappa shape index (κ1) is 15.8. The van der Waals surface area contributed by atoms with Gasteiger partial charge in [-0.05, 0) is 39.5 Å². The minimum absolute atomic E-state index is 0.240. The number of nitrogens with one attached hydrogen (secondary N) is 2. The van der Waals surface area contributed by atoms with Crippen molar-refractivity contribution in [2.45, 2.75) is 51.7 Å². The van der Waals surface area contributed by atoms with Crippen LogP contribution in [0.5, 0.6) is 0 Å². The molecular weight excluding hydrogens is 248 g/mol. The van der Waals surface area contributed by atoms with E-state index in [0.29, 0.717) is 6.54 Å². The van der Waals surface area contributed by atoms with E-state index in [1.165, 1.54) is 6.42 Å². The Kier molecular flexibility index (Phi) is 6.62. The van der Waals surface area contributed by atoms with Crippen molar-refractivity contribution in [3.8, 4) is 0 Å². The number of hydrogen-bond acceptors (Lipinski definition) is 3. The third-order valence-electron chi connectivity index (χ3n) is 3.52. The maximum atomic E-state index is 11.6. The number of aliphatic carboxylic acids is 1. The Morgan fingerprint density at radius 2 is 2.11 bits per heavy atom. The van der Waals surface area contributed by atoms with Gasteiger partial charge in [0.1, 0.15) is 0 Å². The van der Waals surface area contributed by atoms with Crippen molar-refractivity contribution in [1.29, 1.82) is 0 Å². The van der Waals surface area contributed by atoms with Crippen LogP contribution < -0.4 is 10.6 Å². The molecule has 0 radical (unpaired) electrons. The zero-order valence-electron chi connectivity index (χ0n) is 11.6. The van der Waals surface area contributed by atoms with E-state index in [1.54, 1.807) is 13.8 Å². The summed E-state index contributed by atoms with van der Waals surface area (Å²) in [6, 6.07) is -0.722. The molecule has 1 heterocycles. The Balaban J connectivity index is 2.15. The maximum absolute atomic E-state index is 11.6. The van der Waals surface area contributed by atoms with Gasteiger partial charge in [-0.15, -0.1) is 0 Å². The lowest BCUT2D eigenvalue weighted by molar-refractivity contribution is -0.141. The predicted molar refractivity (Wildman–Crippen MR) is 71.0 cm³/mol. The average molecular weight is 272 g/mol. The van der Waals surface area contributed by atoms with Crippen molar-refractivity contribution in [3.05, 3.63) is 0 Å². The molecule has 3 unspecified atom stereocenters. The molecule has 1 aliphatic heterocycles. The highest BCUT2D eigenvalue weighted by Gasteiger charge is 2.21. The van der Waals surface area contributed by atoms with Gasteiger partial charge in [-0.3, -0.25) is 4.79 Å². The van der Waals surface area contributed by atoms with Crippen LogP contribution in [0.15, 0.2) is 0 Å². The normalized spacial score (nSPS) is 22.3. The lowest BCUT2D eigenvalue weighted by atomic mass is 10.0. The molecule has 0 aromatic carbocycles. The van der Waals surface area contributed by atoms with Gasteiger partial charge in [0.25, 0.3) is 0 Å². The number of carboxylic acids is 1. The van der Waals surface area contributed by atoms with Crippen LogP contribution in [0.4, 0.5) is 4.79 Å². The lowest BCUT2D eigenvalue weighted by Crippen LogP contribution is -2.45. The van der Waals surface area contributed by atoms with Gasteiger partial charge in [0.15, 0.2) is 0 Å². The number of amides is 2. The molecule has 0 bridgehead atoms. The molecule has 0 spiro atoms. The van der Waals surface area contributed by atoms with E-state index in [9.17, 15) is 9.59 Å². The molecule has 1 saturated heterocycles. The van der Waals surface area contributed by atoms with E-state index in [0.717, 1.165) is 25.9 Å². The van der Waals surface area contributed by atoms with Gasteiger partial charge < -0.3 is 20.5 Å². The highest BCUT2D eigenvalue weighted by Crippen LogP contribution is 2.14. The summed E-state index contributed by atoms with van der Waals surface area (Å²) in [5.41, 5.74) is 0. The fraction of sp³-hybridized carbons (Fsp3) is 0.846. The van der Waals surface area contributed by atoms with Crippen molar-refractivity contribution >= 4 is 12.0 Å². The van der Waals surface area contributed by atoms with Crippen LogP contribution in [-0.2, 0) is 9.53 Å². The summed E-state index contributed by atoms with van der Waals surface area (Å²) in [7, 11) is 0. The zero-order valence-corrected chi connectivity index (χ0v) is 11.6. The van der Waals surface area contributed by atoms with Crippen LogP contribution >= 0.6 is 0 Å². The minimum Gasteiger partial charge on any atom is -0.481 e. The molecule has 110 valence electrons. The number of urea groups is 1. The van der Waals surface area contributed by atoms with E-state index in [-0.39, 0.29) is 12.1 Å².